The average Bonchev–Trinajstić information content (AvgIpc) is 2.08. The molecule has 0 aliphatic rings. The highest BCUT2D eigenvalue weighted by Crippen LogP contribution is 2.23. The number of aryl methyl sites for hydroxylation is 1. The van der Waals surface area contributed by atoms with Crippen LogP contribution in [0.1, 0.15) is 5.56 Å². The van der Waals surface area contributed by atoms with Crippen molar-refractivity contribution in [3.63, 3.8) is 0 Å². The van der Waals surface area contributed by atoms with Gasteiger partial charge in [0, 0.05) is 10.4 Å². The molecule has 0 fully saturated rings. The summed E-state index contributed by atoms with van der Waals surface area (Å²) in [6, 6.07) is 7.87. The first-order valence-corrected chi connectivity index (χ1v) is 5.06. The van der Waals surface area contributed by atoms with Crippen LogP contribution in [0.4, 0.5) is 0 Å². The summed E-state index contributed by atoms with van der Waals surface area (Å²) in [6.45, 7) is 1.99. The molecule has 1 aromatic carbocycles. The Labute approximate surface area is 89.9 Å². The highest BCUT2D eigenvalue weighted by molar-refractivity contribution is 9.10. The molecule has 0 saturated heterocycles. The Hall–Kier alpha value is -0.600. The largest absolute Gasteiger partial charge is 0.241 e. The number of pyridine rings is 1. The zero-order valence-corrected chi connectivity index (χ0v) is 9.35. The average molecular weight is 257 g/mol. The van der Waals surface area contributed by atoms with Gasteiger partial charge in [0.05, 0.1) is 5.52 Å². The number of halogens is 2. The fourth-order valence-electron chi connectivity index (χ4n) is 1.23. The fraction of sp³-hybridized carbons (Fsp3) is 0.100. The van der Waals surface area contributed by atoms with Gasteiger partial charge < -0.3 is 0 Å². The molecule has 3 heteroatoms. The molecule has 0 spiro atoms. The van der Waals surface area contributed by atoms with Crippen molar-refractivity contribution in [3.8, 4) is 0 Å². The molecule has 0 amide bonds. The van der Waals surface area contributed by atoms with E-state index in [1.54, 1.807) is 0 Å². The minimum Gasteiger partial charge on any atom is -0.241 e. The molecule has 2 aromatic rings. The molecule has 2 rings (SSSR count). The molecule has 0 aliphatic heterocycles. The van der Waals surface area contributed by atoms with Gasteiger partial charge in [0.1, 0.15) is 4.60 Å². The molecular formula is C10H7BrClN. The number of hydrogen-bond acceptors (Lipinski definition) is 1. The van der Waals surface area contributed by atoms with Crippen LogP contribution in [0.25, 0.3) is 10.9 Å². The quantitative estimate of drug-likeness (QED) is 0.650. The predicted octanol–water partition coefficient (Wildman–Crippen LogP) is 3.96. The van der Waals surface area contributed by atoms with Crippen molar-refractivity contribution in [2.45, 2.75) is 6.92 Å². The lowest BCUT2D eigenvalue weighted by Crippen LogP contribution is -1.82. The van der Waals surface area contributed by atoms with E-state index < -0.39 is 0 Å². The minimum atomic E-state index is 0.762. The lowest BCUT2D eigenvalue weighted by atomic mass is 10.1. The maximum absolute atomic E-state index is 5.98. The molecule has 0 N–H and O–H groups in total. The number of rotatable bonds is 0. The Morgan fingerprint density at radius 1 is 1.31 bits per heavy atom. The highest BCUT2D eigenvalue weighted by atomic mass is 79.9. The Bertz CT molecular complexity index is 468. The van der Waals surface area contributed by atoms with Crippen molar-refractivity contribution in [2.75, 3.05) is 0 Å². The first-order chi connectivity index (χ1) is 6.16. The van der Waals surface area contributed by atoms with Crippen molar-refractivity contribution in [2.24, 2.45) is 0 Å². The molecule has 0 atom stereocenters. The molecule has 13 heavy (non-hydrogen) atoms. The van der Waals surface area contributed by atoms with E-state index in [1.165, 1.54) is 0 Å². The van der Waals surface area contributed by atoms with Crippen LogP contribution in [0.3, 0.4) is 0 Å². The topological polar surface area (TPSA) is 12.9 Å². The van der Waals surface area contributed by atoms with E-state index in [4.69, 9.17) is 11.6 Å². The van der Waals surface area contributed by atoms with Crippen LogP contribution in [0.15, 0.2) is 28.9 Å². The zero-order valence-electron chi connectivity index (χ0n) is 7.01. The molecular weight excluding hydrogens is 249 g/mol. The number of aromatic nitrogens is 1. The van der Waals surface area contributed by atoms with E-state index in [0.717, 1.165) is 26.1 Å². The van der Waals surface area contributed by atoms with Gasteiger partial charge in [-0.25, -0.2) is 4.98 Å². The van der Waals surface area contributed by atoms with Crippen LogP contribution in [0.2, 0.25) is 5.02 Å². The van der Waals surface area contributed by atoms with Gasteiger partial charge in [-0.05, 0) is 46.6 Å². The van der Waals surface area contributed by atoms with Crippen LogP contribution in [-0.2, 0) is 0 Å². The second kappa shape index (κ2) is 3.28. The third kappa shape index (κ3) is 1.69. The van der Waals surface area contributed by atoms with Gasteiger partial charge in [-0.2, -0.15) is 0 Å². The summed E-state index contributed by atoms with van der Waals surface area (Å²) in [6.07, 6.45) is 0. The van der Waals surface area contributed by atoms with Gasteiger partial charge in [0.15, 0.2) is 0 Å². The lowest BCUT2D eigenvalue weighted by molar-refractivity contribution is 1.34. The van der Waals surface area contributed by atoms with E-state index in [9.17, 15) is 0 Å². The molecule has 1 heterocycles. The van der Waals surface area contributed by atoms with Crippen LogP contribution in [0, 0.1) is 6.92 Å². The van der Waals surface area contributed by atoms with Crippen LogP contribution < -0.4 is 0 Å². The lowest BCUT2D eigenvalue weighted by Gasteiger charge is -2.01. The number of fused-ring (bicyclic) bond motifs is 1. The van der Waals surface area contributed by atoms with Gasteiger partial charge in [-0.3, -0.25) is 0 Å². The Morgan fingerprint density at radius 2 is 2.08 bits per heavy atom. The van der Waals surface area contributed by atoms with E-state index >= 15 is 0 Å². The van der Waals surface area contributed by atoms with E-state index in [1.807, 2.05) is 31.2 Å². The summed E-state index contributed by atoms with van der Waals surface area (Å²) in [5.74, 6) is 0. The number of hydrogen-bond donors (Lipinski definition) is 0. The van der Waals surface area contributed by atoms with Gasteiger partial charge in [-0.15, -0.1) is 0 Å². The summed E-state index contributed by atoms with van der Waals surface area (Å²) in [5, 5.41) is 1.88. The molecule has 1 aromatic heterocycles. The zero-order chi connectivity index (χ0) is 9.42. The van der Waals surface area contributed by atoms with Gasteiger partial charge in [-0.1, -0.05) is 17.7 Å². The summed E-state index contributed by atoms with van der Waals surface area (Å²) in [4.78, 5) is 4.31. The SMILES string of the molecule is Cc1cc2ccc(Br)nc2cc1Cl. The Morgan fingerprint density at radius 3 is 2.85 bits per heavy atom. The van der Waals surface area contributed by atoms with Gasteiger partial charge >= 0.3 is 0 Å². The standard InChI is InChI=1S/C10H7BrClN/c1-6-4-7-2-3-10(11)13-9(7)5-8(6)12/h2-5H,1H3. The molecule has 0 unspecified atom stereocenters. The highest BCUT2D eigenvalue weighted by Gasteiger charge is 2.00. The molecule has 0 aliphatic carbocycles. The summed E-state index contributed by atoms with van der Waals surface area (Å²) in [7, 11) is 0. The van der Waals surface area contributed by atoms with Crippen LogP contribution in [-0.4, -0.2) is 4.98 Å². The normalized spacial score (nSPS) is 10.7. The summed E-state index contributed by atoms with van der Waals surface area (Å²) >= 11 is 9.31. The Kier molecular flexibility index (Phi) is 2.26. The van der Waals surface area contributed by atoms with Crippen molar-refractivity contribution in [3.05, 3.63) is 39.5 Å². The van der Waals surface area contributed by atoms with Crippen molar-refractivity contribution < 1.29 is 0 Å². The predicted molar refractivity (Wildman–Crippen MR) is 59.2 cm³/mol. The summed E-state index contributed by atoms with van der Waals surface area (Å²) in [5.41, 5.74) is 2.00. The number of nitrogens with zero attached hydrogens (tertiary/aromatic N) is 1. The first-order valence-electron chi connectivity index (χ1n) is 3.89. The fourth-order valence-corrected chi connectivity index (χ4v) is 1.72. The van der Waals surface area contributed by atoms with E-state index in [-0.39, 0.29) is 0 Å². The second-order valence-corrected chi connectivity index (χ2v) is 4.15. The third-order valence-corrected chi connectivity index (χ3v) is 2.78. The molecule has 0 saturated carbocycles. The van der Waals surface area contributed by atoms with Crippen molar-refractivity contribution >= 4 is 38.4 Å². The van der Waals surface area contributed by atoms with Crippen molar-refractivity contribution in [1.82, 2.24) is 4.98 Å². The second-order valence-electron chi connectivity index (χ2n) is 2.93. The van der Waals surface area contributed by atoms with Crippen LogP contribution in [0.5, 0.6) is 0 Å². The molecule has 66 valence electrons. The maximum atomic E-state index is 5.98. The maximum Gasteiger partial charge on any atom is 0.106 e. The van der Waals surface area contributed by atoms with Crippen LogP contribution >= 0.6 is 27.5 Å². The molecule has 1 nitrogen and oxygen atoms in total. The van der Waals surface area contributed by atoms with Gasteiger partial charge in [0.2, 0.25) is 0 Å². The minimum absolute atomic E-state index is 0.762. The monoisotopic (exact) mass is 255 g/mol. The number of benzene rings is 1. The summed E-state index contributed by atoms with van der Waals surface area (Å²) < 4.78 is 0.833. The van der Waals surface area contributed by atoms with E-state index in [2.05, 4.69) is 20.9 Å². The Balaban J connectivity index is 2.81. The molecule has 0 bridgehead atoms. The van der Waals surface area contributed by atoms with Gasteiger partial charge in [0.25, 0.3) is 0 Å². The third-order valence-electron chi connectivity index (χ3n) is 1.94. The van der Waals surface area contributed by atoms with E-state index in [0.29, 0.717) is 0 Å². The van der Waals surface area contributed by atoms with Crippen molar-refractivity contribution in [1.29, 1.82) is 0 Å². The smallest absolute Gasteiger partial charge is 0.106 e. The molecule has 0 radical (unpaired) electrons. The first kappa shape index (κ1) is 8.97.